The lowest BCUT2D eigenvalue weighted by Gasteiger charge is -2.22. The van der Waals surface area contributed by atoms with Crippen LogP contribution in [0.25, 0.3) is 0 Å². The number of rotatable bonds is 7. The Hall–Kier alpha value is -1.35. The molecule has 0 radical (unpaired) electrons. The first-order valence-electron chi connectivity index (χ1n) is 8.38. The molecule has 116 valence electrons. The fourth-order valence-corrected chi connectivity index (χ4v) is 3.10. The zero-order valence-electron chi connectivity index (χ0n) is 13.4. The number of carbonyl (C=O) groups is 1. The van der Waals surface area contributed by atoms with Crippen LogP contribution >= 0.6 is 0 Å². The standard InChI is InChI=1S/C18H28N2O/c1-3-5-9-15(7-4-2)20-18(21)17-10-6-8-14-13-19-12-11-16(14)17/h6,8,10,15,19H,3-5,7,9,11-13H2,1-2H3,(H,20,21). The summed E-state index contributed by atoms with van der Waals surface area (Å²) in [6.45, 7) is 6.22. The Bertz CT molecular complexity index is 470. The molecule has 0 bridgehead atoms. The van der Waals surface area contributed by atoms with Crippen molar-refractivity contribution in [2.24, 2.45) is 0 Å². The number of hydrogen-bond donors (Lipinski definition) is 2. The molecule has 21 heavy (non-hydrogen) atoms. The topological polar surface area (TPSA) is 41.1 Å². The third-order valence-corrected chi connectivity index (χ3v) is 4.26. The average Bonchev–Trinajstić information content (AvgIpc) is 2.52. The quantitative estimate of drug-likeness (QED) is 0.807. The SMILES string of the molecule is CCCCC(CCC)NC(=O)c1cccc2c1CCNC2. The second-order valence-corrected chi connectivity index (χ2v) is 5.97. The van der Waals surface area contributed by atoms with Gasteiger partial charge < -0.3 is 10.6 Å². The first kappa shape index (κ1) is 16.0. The van der Waals surface area contributed by atoms with Crippen LogP contribution in [0, 0.1) is 0 Å². The van der Waals surface area contributed by atoms with Crippen molar-refractivity contribution in [3.05, 3.63) is 34.9 Å². The molecule has 1 unspecified atom stereocenters. The number of benzene rings is 1. The summed E-state index contributed by atoms with van der Waals surface area (Å²) in [7, 11) is 0. The summed E-state index contributed by atoms with van der Waals surface area (Å²) in [5.41, 5.74) is 3.39. The zero-order chi connectivity index (χ0) is 15.1. The minimum absolute atomic E-state index is 0.114. The van der Waals surface area contributed by atoms with Crippen LogP contribution in [0.2, 0.25) is 0 Å². The van der Waals surface area contributed by atoms with Crippen LogP contribution in [-0.4, -0.2) is 18.5 Å². The Morgan fingerprint density at radius 3 is 2.90 bits per heavy atom. The van der Waals surface area contributed by atoms with Gasteiger partial charge in [-0.05, 0) is 43.0 Å². The smallest absolute Gasteiger partial charge is 0.251 e. The first-order valence-corrected chi connectivity index (χ1v) is 8.38. The van der Waals surface area contributed by atoms with Gasteiger partial charge in [-0.2, -0.15) is 0 Å². The average molecular weight is 288 g/mol. The van der Waals surface area contributed by atoms with Crippen molar-refractivity contribution in [3.8, 4) is 0 Å². The highest BCUT2D eigenvalue weighted by atomic mass is 16.1. The number of carbonyl (C=O) groups excluding carboxylic acids is 1. The maximum Gasteiger partial charge on any atom is 0.251 e. The van der Waals surface area contributed by atoms with Crippen LogP contribution < -0.4 is 10.6 Å². The lowest BCUT2D eigenvalue weighted by atomic mass is 9.94. The molecular weight excluding hydrogens is 260 g/mol. The van der Waals surface area contributed by atoms with Crippen LogP contribution in [-0.2, 0) is 13.0 Å². The number of hydrogen-bond acceptors (Lipinski definition) is 2. The van der Waals surface area contributed by atoms with Crippen molar-refractivity contribution in [3.63, 3.8) is 0 Å². The van der Waals surface area contributed by atoms with E-state index < -0.39 is 0 Å². The lowest BCUT2D eigenvalue weighted by Crippen LogP contribution is -2.36. The van der Waals surface area contributed by atoms with Gasteiger partial charge in [0, 0.05) is 18.2 Å². The first-order chi connectivity index (χ1) is 10.3. The number of unbranched alkanes of at least 4 members (excludes halogenated alkanes) is 1. The molecule has 3 heteroatoms. The van der Waals surface area contributed by atoms with Crippen molar-refractivity contribution >= 4 is 5.91 Å². The van der Waals surface area contributed by atoms with E-state index in [9.17, 15) is 4.79 Å². The summed E-state index contributed by atoms with van der Waals surface area (Å²) in [5.74, 6) is 0.114. The van der Waals surface area contributed by atoms with E-state index in [1.807, 2.05) is 12.1 Å². The van der Waals surface area contributed by atoms with E-state index in [-0.39, 0.29) is 5.91 Å². The molecule has 0 fully saturated rings. The second kappa shape index (κ2) is 8.18. The summed E-state index contributed by atoms with van der Waals surface area (Å²) in [6, 6.07) is 6.42. The minimum Gasteiger partial charge on any atom is -0.349 e. The molecule has 1 aromatic rings. The second-order valence-electron chi connectivity index (χ2n) is 5.97. The van der Waals surface area contributed by atoms with E-state index in [4.69, 9.17) is 0 Å². The maximum absolute atomic E-state index is 12.6. The van der Waals surface area contributed by atoms with Gasteiger partial charge in [0.25, 0.3) is 5.91 Å². The molecule has 0 saturated carbocycles. The highest BCUT2D eigenvalue weighted by Gasteiger charge is 2.19. The fourth-order valence-electron chi connectivity index (χ4n) is 3.10. The van der Waals surface area contributed by atoms with Gasteiger partial charge in [-0.15, -0.1) is 0 Å². The van der Waals surface area contributed by atoms with Crippen LogP contribution in [0.4, 0.5) is 0 Å². The van der Waals surface area contributed by atoms with E-state index >= 15 is 0 Å². The normalized spacial score (nSPS) is 15.3. The lowest BCUT2D eigenvalue weighted by molar-refractivity contribution is 0.0931. The molecule has 2 rings (SSSR count). The van der Waals surface area contributed by atoms with Gasteiger partial charge in [-0.3, -0.25) is 4.79 Å². The van der Waals surface area contributed by atoms with E-state index in [0.717, 1.165) is 44.3 Å². The summed E-state index contributed by atoms with van der Waals surface area (Å²) in [5, 5.41) is 6.62. The monoisotopic (exact) mass is 288 g/mol. The summed E-state index contributed by atoms with van der Waals surface area (Å²) >= 11 is 0. The molecule has 0 aromatic heterocycles. The molecule has 1 heterocycles. The predicted molar refractivity (Wildman–Crippen MR) is 87.5 cm³/mol. The summed E-state index contributed by atoms with van der Waals surface area (Å²) < 4.78 is 0. The van der Waals surface area contributed by atoms with Crippen molar-refractivity contribution in [2.45, 2.75) is 65.0 Å². The summed E-state index contributed by atoms with van der Waals surface area (Å²) in [4.78, 5) is 12.6. The number of nitrogens with one attached hydrogen (secondary N) is 2. The highest BCUT2D eigenvalue weighted by Crippen LogP contribution is 2.19. The van der Waals surface area contributed by atoms with Crippen LogP contribution in [0.1, 0.15) is 67.4 Å². The van der Waals surface area contributed by atoms with Crippen LogP contribution in [0.15, 0.2) is 18.2 Å². The van der Waals surface area contributed by atoms with Crippen molar-refractivity contribution < 1.29 is 4.79 Å². The molecule has 2 N–H and O–H groups in total. The molecule has 1 aromatic carbocycles. The predicted octanol–water partition coefficient (Wildman–Crippen LogP) is 3.42. The maximum atomic E-state index is 12.6. The number of amides is 1. The molecule has 0 aliphatic carbocycles. The van der Waals surface area contributed by atoms with E-state index in [2.05, 4.69) is 30.5 Å². The molecule has 3 nitrogen and oxygen atoms in total. The third kappa shape index (κ3) is 4.31. The van der Waals surface area contributed by atoms with Crippen LogP contribution in [0.5, 0.6) is 0 Å². The molecular formula is C18H28N2O. The molecule has 1 aliphatic rings. The van der Waals surface area contributed by atoms with Gasteiger partial charge in [0.1, 0.15) is 0 Å². The fraction of sp³-hybridized carbons (Fsp3) is 0.611. The number of fused-ring (bicyclic) bond motifs is 1. The molecule has 1 atom stereocenters. The van der Waals surface area contributed by atoms with E-state index in [0.29, 0.717) is 6.04 Å². The zero-order valence-corrected chi connectivity index (χ0v) is 13.4. The van der Waals surface area contributed by atoms with Gasteiger partial charge in [0.2, 0.25) is 0 Å². The van der Waals surface area contributed by atoms with E-state index in [1.54, 1.807) is 0 Å². The van der Waals surface area contributed by atoms with Crippen LogP contribution in [0.3, 0.4) is 0 Å². The Labute approximate surface area is 128 Å². The van der Waals surface area contributed by atoms with Gasteiger partial charge in [-0.1, -0.05) is 45.2 Å². The van der Waals surface area contributed by atoms with Gasteiger partial charge in [0.05, 0.1) is 0 Å². The molecule has 0 saturated heterocycles. The van der Waals surface area contributed by atoms with Gasteiger partial charge in [-0.25, -0.2) is 0 Å². The van der Waals surface area contributed by atoms with Crippen molar-refractivity contribution in [1.82, 2.24) is 10.6 Å². The Morgan fingerprint density at radius 2 is 2.14 bits per heavy atom. The van der Waals surface area contributed by atoms with Crippen molar-refractivity contribution in [2.75, 3.05) is 6.54 Å². The highest BCUT2D eigenvalue weighted by molar-refractivity contribution is 5.96. The largest absolute Gasteiger partial charge is 0.349 e. The molecule has 0 spiro atoms. The molecule has 1 amide bonds. The van der Waals surface area contributed by atoms with Gasteiger partial charge in [0.15, 0.2) is 0 Å². The minimum atomic E-state index is 0.114. The Kier molecular flexibility index (Phi) is 6.24. The Balaban J connectivity index is 2.08. The van der Waals surface area contributed by atoms with Gasteiger partial charge >= 0.3 is 0 Å². The molecule has 1 aliphatic heterocycles. The van der Waals surface area contributed by atoms with E-state index in [1.165, 1.54) is 24.0 Å². The Morgan fingerprint density at radius 1 is 1.29 bits per heavy atom. The van der Waals surface area contributed by atoms with Crippen molar-refractivity contribution in [1.29, 1.82) is 0 Å². The summed E-state index contributed by atoms with van der Waals surface area (Å²) in [6.07, 6.45) is 6.59. The third-order valence-electron chi connectivity index (χ3n) is 4.26.